The van der Waals surface area contributed by atoms with Crippen LogP contribution < -0.4 is 0 Å². The third-order valence-electron chi connectivity index (χ3n) is 3.47. The molecule has 95 valence electrons. The minimum Gasteiger partial charge on any atom is -0.358 e. The van der Waals surface area contributed by atoms with Gasteiger partial charge >= 0.3 is 0 Å². The monoisotopic (exact) mass is 268 g/mol. The van der Waals surface area contributed by atoms with Gasteiger partial charge in [-0.1, -0.05) is 54.9 Å². The molecule has 1 heterocycles. The molecule has 0 aliphatic rings. The molecule has 1 radical (unpaired) electrons. The summed E-state index contributed by atoms with van der Waals surface area (Å²) in [6.07, 6.45) is 0.824. The van der Waals surface area contributed by atoms with Crippen LogP contribution in [0.3, 0.4) is 0 Å². The van der Waals surface area contributed by atoms with Gasteiger partial charge in [-0.25, -0.2) is 0 Å². The minimum absolute atomic E-state index is 0.298. The van der Waals surface area contributed by atoms with Crippen molar-refractivity contribution < 1.29 is 0 Å². The van der Waals surface area contributed by atoms with Crippen molar-refractivity contribution in [3.05, 3.63) is 77.8 Å². The maximum atomic E-state index is 6.03. The number of aromatic amines is 1. The summed E-state index contributed by atoms with van der Waals surface area (Å²) in [5.74, 6) is 0.298. The molecule has 1 aromatic heterocycles. The van der Waals surface area contributed by atoms with E-state index < -0.39 is 0 Å². The van der Waals surface area contributed by atoms with E-state index in [2.05, 4.69) is 42.2 Å². The first-order valence-corrected chi connectivity index (χ1v) is 6.78. The van der Waals surface area contributed by atoms with Crippen molar-refractivity contribution in [2.24, 2.45) is 0 Å². The standard InChI is InChI=1S/C17H15ClN/c1-2-15(12-6-4-3-5-7-12)17-10-13-8-9-14(18)11-16(13)19-17/h3-11,15,19H,1-2H2. The lowest BCUT2D eigenvalue weighted by Crippen LogP contribution is -1.99. The first kappa shape index (κ1) is 12.3. The van der Waals surface area contributed by atoms with Crippen LogP contribution in [0.15, 0.2) is 54.6 Å². The molecule has 0 fully saturated rings. The fraction of sp³-hybridized carbons (Fsp3) is 0.118. The summed E-state index contributed by atoms with van der Waals surface area (Å²) in [6, 6.07) is 18.6. The topological polar surface area (TPSA) is 15.8 Å². The van der Waals surface area contributed by atoms with E-state index in [9.17, 15) is 0 Å². The van der Waals surface area contributed by atoms with Crippen molar-refractivity contribution >= 4 is 22.5 Å². The lowest BCUT2D eigenvalue weighted by Gasteiger charge is -2.13. The molecule has 2 aromatic carbocycles. The summed E-state index contributed by atoms with van der Waals surface area (Å²) in [5, 5.41) is 1.94. The second kappa shape index (κ2) is 5.10. The summed E-state index contributed by atoms with van der Waals surface area (Å²) < 4.78 is 0. The van der Waals surface area contributed by atoms with Crippen LogP contribution in [0.5, 0.6) is 0 Å². The van der Waals surface area contributed by atoms with Gasteiger partial charge in [-0.3, -0.25) is 0 Å². The molecule has 1 unspecified atom stereocenters. The van der Waals surface area contributed by atoms with E-state index in [0.29, 0.717) is 5.92 Å². The number of benzene rings is 2. The van der Waals surface area contributed by atoms with Gasteiger partial charge in [-0.2, -0.15) is 0 Å². The number of aromatic nitrogens is 1. The van der Waals surface area contributed by atoms with Gasteiger partial charge in [0.25, 0.3) is 0 Å². The van der Waals surface area contributed by atoms with Gasteiger partial charge in [0, 0.05) is 22.2 Å². The second-order valence-electron chi connectivity index (χ2n) is 4.71. The van der Waals surface area contributed by atoms with Crippen LogP contribution in [-0.2, 0) is 0 Å². The molecule has 1 N–H and O–H groups in total. The van der Waals surface area contributed by atoms with Gasteiger partial charge in [0.05, 0.1) is 0 Å². The van der Waals surface area contributed by atoms with Crippen molar-refractivity contribution in [3.8, 4) is 0 Å². The van der Waals surface area contributed by atoms with Gasteiger partial charge in [-0.05, 0) is 35.6 Å². The molecule has 2 heteroatoms. The van der Waals surface area contributed by atoms with Gasteiger partial charge in [0.15, 0.2) is 0 Å². The number of halogens is 1. The van der Waals surface area contributed by atoms with Gasteiger partial charge in [-0.15, -0.1) is 0 Å². The number of nitrogens with one attached hydrogen (secondary N) is 1. The highest BCUT2D eigenvalue weighted by atomic mass is 35.5. The number of rotatable bonds is 3. The first-order chi connectivity index (χ1) is 9.28. The third-order valence-corrected chi connectivity index (χ3v) is 3.71. The molecule has 3 aromatic rings. The van der Waals surface area contributed by atoms with E-state index >= 15 is 0 Å². The number of hydrogen-bond donors (Lipinski definition) is 1. The van der Waals surface area contributed by atoms with Crippen LogP contribution in [0.4, 0.5) is 0 Å². The molecular formula is C17H15ClN. The average molecular weight is 269 g/mol. The van der Waals surface area contributed by atoms with Crippen molar-refractivity contribution in [3.63, 3.8) is 0 Å². The second-order valence-corrected chi connectivity index (χ2v) is 5.14. The van der Waals surface area contributed by atoms with Gasteiger partial charge < -0.3 is 4.98 Å². The lowest BCUT2D eigenvalue weighted by atomic mass is 9.93. The first-order valence-electron chi connectivity index (χ1n) is 6.40. The minimum atomic E-state index is 0.298. The molecular weight excluding hydrogens is 254 g/mol. The Bertz CT molecular complexity index is 685. The Hall–Kier alpha value is -1.73. The molecule has 19 heavy (non-hydrogen) atoms. The largest absolute Gasteiger partial charge is 0.358 e. The zero-order valence-electron chi connectivity index (χ0n) is 10.6. The summed E-state index contributed by atoms with van der Waals surface area (Å²) in [7, 11) is 0. The Labute approximate surface area is 118 Å². The van der Waals surface area contributed by atoms with Crippen LogP contribution in [0, 0.1) is 6.92 Å². The predicted octanol–water partition coefficient (Wildman–Crippen LogP) is 5.18. The number of hydrogen-bond acceptors (Lipinski definition) is 0. The Balaban J connectivity index is 2.07. The molecule has 1 nitrogen and oxygen atoms in total. The zero-order valence-corrected chi connectivity index (χ0v) is 11.3. The van der Waals surface area contributed by atoms with Crippen LogP contribution in [0.1, 0.15) is 23.6 Å². The highest BCUT2D eigenvalue weighted by molar-refractivity contribution is 6.31. The van der Waals surface area contributed by atoms with Crippen molar-refractivity contribution in [2.75, 3.05) is 0 Å². The highest BCUT2D eigenvalue weighted by Gasteiger charge is 2.14. The number of fused-ring (bicyclic) bond motifs is 1. The van der Waals surface area contributed by atoms with Crippen LogP contribution in [0.25, 0.3) is 10.9 Å². The van der Waals surface area contributed by atoms with Crippen LogP contribution in [-0.4, -0.2) is 4.98 Å². The smallest absolute Gasteiger partial charge is 0.0471 e. The summed E-state index contributed by atoms with van der Waals surface area (Å²) in [6.45, 7) is 4.08. The maximum absolute atomic E-state index is 6.03. The fourth-order valence-electron chi connectivity index (χ4n) is 2.50. The van der Waals surface area contributed by atoms with E-state index in [1.807, 2.05) is 24.3 Å². The Morgan fingerprint density at radius 2 is 1.84 bits per heavy atom. The third kappa shape index (κ3) is 2.39. The molecule has 0 aliphatic carbocycles. The number of H-pyrrole nitrogens is 1. The molecule has 0 bridgehead atoms. The molecule has 0 aliphatic heterocycles. The normalized spacial score (nSPS) is 12.7. The van der Waals surface area contributed by atoms with Crippen LogP contribution in [0.2, 0.25) is 5.02 Å². The van der Waals surface area contributed by atoms with Crippen molar-refractivity contribution in [1.82, 2.24) is 4.98 Å². The van der Waals surface area contributed by atoms with Crippen molar-refractivity contribution in [2.45, 2.75) is 12.3 Å². The van der Waals surface area contributed by atoms with E-state index in [4.69, 9.17) is 11.6 Å². The Morgan fingerprint density at radius 1 is 1.05 bits per heavy atom. The van der Waals surface area contributed by atoms with E-state index in [1.165, 1.54) is 16.6 Å². The summed E-state index contributed by atoms with van der Waals surface area (Å²) in [4.78, 5) is 3.46. The molecule has 3 rings (SSSR count). The highest BCUT2D eigenvalue weighted by Crippen LogP contribution is 2.30. The van der Waals surface area contributed by atoms with Gasteiger partial charge in [0.2, 0.25) is 0 Å². The van der Waals surface area contributed by atoms with E-state index in [-0.39, 0.29) is 0 Å². The Kier molecular flexibility index (Phi) is 3.31. The molecule has 0 saturated carbocycles. The molecule has 0 saturated heterocycles. The zero-order chi connectivity index (χ0) is 13.2. The SMILES string of the molecule is [CH2]CC(c1ccccc1)c1cc2ccc(Cl)cc2[nH]1. The average Bonchev–Trinajstić information content (AvgIpc) is 2.83. The summed E-state index contributed by atoms with van der Waals surface area (Å²) in [5.41, 5.74) is 3.56. The lowest BCUT2D eigenvalue weighted by molar-refractivity contribution is 0.803. The molecule has 1 atom stereocenters. The van der Waals surface area contributed by atoms with Crippen LogP contribution >= 0.6 is 11.6 Å². The molecule has 0 spiro atoms. The van der Waals surface area contributed by atoms with Gasteiger partial charge in [0.1, 0.15) is 0 Å². The maximum Gasteiger partial charge on any atom is 0.0471 e. The van der Waals surface area contributed by atoms with E-state index in [0.717, 1.165) is 17.0 Å². The van der Waals surface area contributed by atoms with E-state index in [1.54, 1.807) is 0 Å². The molecule has 0 amide bonds. The summed E-state index contributed by atoms with van der Waals surface area (Å²) >= 11 is 6.03. The van der Waals surface area contributed by atoms with Crippen molar-refractivity contribution in [1.29, 1.82) is 0 Å². The quantitative estimate of drug-likeness (QED) is 0.674. The fourth-order valence-corrected chi connectivity index (χ4v) is 2.67. The predicted molar refractivity (Wildman–Crippen MR) is 81.6 cm³/mol. The Morgan fingerprint density at radius 3 is 2.58 bits per heavy atom.